The third-order valence-electron chi connectivity index (χ3n) is 3.28. The number of rotatable bonds is 5. The molecule has 2 heteroatoms. The first-order valence-electron chi connectivity index (χ1n) is 6.90. The van der Waals surface area contributed by atoms with Gasteiger partial charge in [-0.1, -0.05) is 42.8 Å². The summed E-state index contributed by atoms with van der Waals surface area (Å²) in [6.07, 6.45) is 2.87. The zero-order chi connectivity index (χ0) is 13.7. The normalized spacial score (nSPS) is 12.4. The predicted molar refractivity (Wildman–Crippen MR) is 80.3 cm³/mol. The molecule has 0 spiro atoms. The van der Waals surface area contributed by atoms with Crippen LogP contribution in [0.2, 0.25) is 0 Å². The number of hydrogen-bond acceptors (Lipinski definition) is 2. The predicted octanol–water partition coefficient (Wildman–Crippen LogP) is 3.59. The van der Waals surface area contributed by atoms with Crippen LogP contribution in [0.1, 0.15) is 35.3 Å². The van der Waals surface area contributed by atoms with Crippen molar-refractivity contribution in [2.75, 3.05) is 6.54 Å². The first-order chi connectivity index (χ1) is 9.19. The number of hydrogen-bond donors (Lipinski definition) is 1. The van der Waals surface area contributed by atoms with Crippen molar-refractivity contribution in [2.45, 2.75) is 33.2 Å². The number of benzene rings is 1. The van der Waals surface area contributed by atoms with Crippen molar-refractivity contribution in [1.29, 1.82) is 0 Å². The zero-order valence-corrected chi connectivity index (χ0v) is 12.0. The van der Waals surface area contributed by atoms with Crippen LogP contribution in [0, 0.1) is 13.8 Å². The summed E-state index contributed by atoms with van der Waals surface area (Å²) in [7, 11) is 0. The molecule has 0 amide bonds. The SMILES string of the molecule is CCNC(Cc1ccc(C)cn1)c1cccc(C)c1. The number of aryl methyl sites for hydroxylation is 2. The van der Waals surface area contributed by atoms with Gasteiger partial charge in [0.1, 0.15) is 0 Å². The molecular formula is C17H22N2. The summed E-state index contributed by atoms with van der Waals surface area (Å²) in [6.45, 7) is 7.31. The van der Waals surface area contributed by atoms with Crippen LogP contribution in [0.15, 0.2) is 42.6 Å². The third-order valence-corrected chi connectivity index (χ3v) is 3.28. The van der Waals surface area contributed by atoms with Gasteiger partial charge in [0.2, 0.25) is 0 Å². The van der Waals surface area contributed by atoms with Gasteiger partial charge in [0.05, 0.1) is 0 Å². The average molecular weight is 254 g/mol. The lowest BCUT2D eigenvalue weighted by molar-refractivity contribution is 0.543. The fraction of sp³-hybridized carbons (Fsp3) is 0.353. The van der Waals surface area contributed by atoms with Crippen LogP contribution in [0.3, 0.4) is 0 Å². The number of nitrogens with one attached hydrogen (secondary N) is 1. The number of aromatic nitrogens is 1. The molecular weight excluding hydrogens is 232 g/mol. The third kappa shape index (κ3) is 3.90. The topological polar surface area (TPSA) is 24.9 Å². The van der Waals surface area contributed by atoms with Gasteiger partial charge in [0.25, 0.3) is 0 Å². The van der Waals surface area contributed by atoms with Crippen molar-refractivity contribution in [3.05, 3.63) is 65.0 Å². The van der Waals surface area contributed by atoms with Gasteiger partial charge in [-0.15, -0.1) is 0 Å². The van der Waals surface area contributed by atoms with E-state index >= 15 is 0 Å². The van der Waals surface area contributed by atoms with Crippen LogP contribution in [-0.2, 0) is 6.42 Å². The van der Waals surface area contributed by atoms with Gasteiger partial charge in [-0.3, -0.25) is 4.98 Å². The van der Waals surface area contributed by atoms with E-state index in [1.807, 2.05) is 6.20 Å². The minimum atomic E-state index is 0.333. The number of likely N-dealkylation sites (N-methyl/N-ethyl adjacent to an activating group) is 1. The van der Waals surface area contributed by atoms with Crippen LogP contribution in [0.25, 0.3) is 0 Å². The summed E-state index contributed by atoms with van der Waals surface area (Å²) in [4.78, 5) is 4.51. The Balaban J connectivity index is 2.18. The van der Waals surface area contributed by atoms with E-state index in [-0.39, 0.29) is 0 Å². The Morgan fingerprint density at radius 1 is 1.11 bits per heavy atom. The molecule has 0 aliphatic carbocycles. The second kappa shape index (κ2) is 6.48. The van der Waals surface area contributed by atoms with Crippen LogP contribution in [0.5, 0.6) is 0 Å². The van der Waals surface area contributed by atoms with E-state index < -0.39 is 0 Å². The minimum Gasteiger partial charge on any atom is -0.310 e. The molecule has 1 N–H and O–H groups in total. The van der Waals surface area contributed by atoms with E-state index in [2.05, 4.69) is 67.5 Å². The lowest BCUT2D eigenvalue weighted by atomic mass is 9.99. The van der Waals surface area contributed by atoms with E-state index in [9.17, 15) is 0 Å². The molecule has 1 aromatic carbocycles. The largest absolute Gasteiger partial charge is 0.310 e. The standard InChI is InChI=1S/C17H22N2/c1-4-18-17(15-7-5-6-13(2)10-15)11-16-9-8-14(3)12-19-16/h5-10,12,17-18H,4,11H2,1-3H3. The highest BCUT2D eigenvalue weighted by Gasteiger charge is 2.11. The molecule has 19 heavy (non-hydrogen) atoms. The highest BCUT2D eigenvalue weighted by molar-refractivity contribution is 5.26. The second-order valence-electron chi connectivity index (χ2n) is 5.06. The smallest absolute Gasteiger partial charge is 0.0422 e. The Morgan fingerprint density at radius 3 is 2.58 bits per heavy atom. The van der Waals surface area contributed by atoms with E-state index in [1.54, 1.807) is 0 Å². The maximum Gasteiger partial charge on any atom is 0.0422 e. The molecule has 1 heterocycles. The molecule has 2 nitrogen and oxygen atoms in total. The molecule has 0 bridgehead atoms. The van der Waals surface area contributed by atoms with Gasteiger partial charge >= 0.3 is 0 Å². The first kappa shape index (κ1) is 13.8. The van der Waals surface area contributed by atoms with Crippen molar-refractivity contribution >= 4 is 0 Å². The highest BCUT2D eigenvalue weighted by Crippen LogP contribution is 2.18. The van der Waals surface area contributed by atoms with Crippen molar-refractivity contribution < 1.29 is 0 Å². The van der Waals surface area contributed by atoms with Crippen LogP contribution in [-0.4, -0.2) is 11.5 Å². The van der Waals surface area contributed by atoms with E-state index in [0.29, 0.717) is 6.04 Å². The van der Waals surface area contributed by atoms with Gasteiger partial charge in [-0.05, 0) is 37.6 Å². The second-order valence-corrected chi connectivity index (χ2v) is 5.06. The van der Waals surface area contributed by atoms with Gasteiger partial charge < -0.3 is 5.32 Å². The Labute approximate surface area is 115 Å². The fourth-order valence-electron chi connectivity index (χ4n) is 2.27. The summed E-state index contributed by atoms with van der Waals surface area (Å²) in [5.74, 6) is 0. The summed E-state index contributed by atoms with van der Waals surface area (Å²) in [5.41, 5.74) is 4.99. The molecule has 0 aliphatic heterocycles. The molecule has 0 aliphatic rings. The van der Waals surface area contributed by atoms with Crippen molar-refractivity contribution in [3.63, 3.8) is 0 Å². The lowest BCUT2D eigenvalue weighted by Crippen LogP contribution is -2.23. The molecule has 0 saturated carbocycles. The van der Waals surface area contributed by atoms with Gasteiger partial charge in [-0.25, -0.2) is 0 Å². The van der Waals surface area contributed by atoms with Crippen LogP contribution in [0.4, 0.5) is 0 Å². The molecule has 2 aromatic rings. The van der Waals surface area contributed by atoms with Crippen LogP contribution >= 0.6 is 0 Å². The molecule has 1 atom stereocenters. The Morgan fingerprint density at radius 2 is 1.95 bits per heavy atom. The maximum atomic E-state index is 4.51. The van der Waals surface area contributed by atoms with Crippen molar-refractivity contribution in [1.82, 2.24) is 10.3 Å². The quantitative estimate of drug-likeness (QED) is 0.882. The summed E-state index contributed by atoms with van der Waals surface area (Å²) >= 11 is 0. The minimum absolute atomic E-state index is 0.333. The fourth-order valence-corrected chi connectivity index (χ4v) is 2.27. The molecule has 0 radical (unpaired) electrons. The molecule has 100 valence electrons. The Kier molecular flexibility index (Phi) is 4.69. The van der Waals surface area contributed by atoms with Crippen molar-refractivity contribution in [3.8, 4) is 0 Å². The Bertz CT molecular complexity index is 517. The number of nitrogens with zero attached hydrogens (tertiary/aromatic N) is 1. The molecule has 2 rings (SSSR count). The monoisotopic (exact) mass is 254 g/mol. The average Bonchev–Trinajstić information content (AvgIpc) is 2.41. The molecule has 0 fully saturated rings. The molecule has 1 aromatic heterocycles. The van der Waals surface area contributed by atoms with E-state index in [1.165, 1.54) is 16.7 Å². The summed E-state index contributed by atoms with van der Waals surface area (Å²) in [5, 5.41) is 3.55. The Hall–Kier alpha value is -1.67. The summed E-state index contributed by atoms with van der Waals surface area (Å²) in [6, 6.07) is 13.3. The van der Waals surface area contributed by atoms with E-state index in [0.717, 1.165) is 18.7 Å². The first-order valence-corrected chi connectivity index (χ1v) is 6.90. The van der Waals surface area contributed by atoms with Gasteiger partial charge in [0, 0.05) is 24.4 Å². The van der Waals surface area contributed by atoms with Crippen molar-refractivity contribution in [2.24, 2.45) is 0 Å². The zero-order valence-electron chi connectivity index (χ0n) is 12.0. The van der Waals surface area contributed by atoms with Gasteiger partial charge in [0.15, 0.2) is 0 Å². The summed E-state index contributed by atoms with van der Waals surface area (Å²) < 4.78 is 0. The maximum absolute atomic E-state index is 4.51. The lowest BCUT2D eigenvalue weighted by Gasteiger charge is -2.18. The number of pyridine rings is 1. The van der Waals surface area contributed by atoms with Crippen LogP contribution < -0.4 is 5.32 Å². The highest BCUT2D eigenvalue weighted by atomic mass is 14.9. The van der Waals surface area contributed by atoms with Gasteiger partial charge in [-0.2, -0.15) is 0 Å². The van der Waals surface area contributed by atoms with E-state index in [4.69, 9.17) is 0 Å². The molecule has 1 unspecified atom stereocenters. The molecule has 0 saturated heterocycles.